The van der Waals surface area contributed by atoms with Crippen LogP contribution in [-0.4, -0.2) is 67.5 Å². The first-order chi connectivity index (χ1) is 17.7. The zero-order chi connectivity index (χ0) is 28.0. The number of ether oxygens (including phenoxy) is 1. The van der Waals surface area contributed by atoms with Crippen LogP contribution in [0.15, 0.2) is 45.8 Å². The largest absolute Gasteiger partial charge is 0.573 e. The number of anilines is 1. The first-order valence-corrected chi connectivity index (χ1v) is 12.3. The van der Waals surface area contributed by atoms with Gasteiger partial charge in [-0.15, -0.1) is 13.2 Å². The third-order valence-corrected chi connectivity index (χ3v) is 7.21. The fourth-order valence-corrected chi connectivity index (χ4v) is 5.21. The number of halogens is 4. The van der Waals surface area contributed by atoms with Crippen molar-refractivity contribution in [3.05, 3.63) is 53.7 Å². The van der Waals surface area contributed by atoms with E-state index in [1.54, 1.807) is 0 Å². The molecule has 1 atom stereocenters. The van der Waals surface area contributed by atoms with Gasteiger partial charge in [0.15, 0.2) is 9.84 Å². The van der Waals surface area contributed by atoms with Gasteiger partial charge >= 0.3 is 18.2 Å². The third kappa shape index (κ3) is 5.45. The number of carbonyl (C=O) groups is 2. The predicted octanol–water partition coefficient (Wildman–Crippen LogP) is 2.12. The molecule has 4 rings (SSSR count). The summed E-state index contributed by atoms with van der Waals surface area (Å²) < 4.78 is 87.1. The average Bonchev–Trinajstić information content (AvgIpc) is 3.29. The van der Waals surface area contributed by atoms with Crippen LogP contribution in [0.5, 0.6) is 5.75 Å². The smallest absolute Gasteiger partial charge is 0.406 e. The minimum absolute atomic E-state index is 0.264. The van der Waals surface area contributed by atoms with Crippen molar-refractivity contribution in [2.45, 2.75) is 23.8 Å². The first kappa shape index (κ1) is 27.0. The highest BCUT2D eigenvalue weighted by Crippen LogP contribution is 2.36. The summed E-state index contributed by atoms with van der Waals surface area (Å²) in [4.78, 5) is 30.7. The van der Waals surface area contributed by atoms with E-state index in [0.717, 1.165) is 28.0 Å². The summed E-state index contributed by atoms with van der Waals surface area (Å²) in [5, 5.41) is 3.58. The van der Waals surface area contributed by atoms with Crippen molar-refractivity contribution in [3.63, 3.8) is 0 Å². The van der Waals surface area contributed by atoms with Crippen LogP contribution in [0.4, 0.5) is 23.2 Å². The zero-order valence-electron chi connectivity index (χ0n) is 19.7. The molecule has 0 spiro atoms. The van der Waals surface area contributed by atoms with Crippen LogP contribution in [0.3, 0.4) is 0 Å². The second-order valence-electron chi connectivity index (χ2n) is 8.43. The Hall–Kier alpha value is -4.05. The van der Waals surface area contributed by atoms with E-state index in [0.29, 0.717) is 6.07 Å². The quantitative estimate of drug-likeness (QED) is 0.466. The molecule has 16 heteroatoms. The van der Waals surface area contributed by atoms with Gasteiger partial charge in [0.25, 0.3) is 0 Å². The lowest BCUT2D eigenvalue weighted by Gasteiger charge is -2.24. The molecule has 2 heterocycles. The topological polar surface area (TPSA) is 149 Å². The van der Waals surface area contributed by atoms with Gasteiger partial charge in [-0.3, -0.25) is 9.59 Å². The van der Waals surface area contributed by atoms with Gasteiger partial charge in [0, 0.05) is 14.1 Å². The lowest BCUT2D eigenvalue weighted by Crippen LogP contribution is -2.45. The minimum Gasteiger partial charge on any atom is -0.406 e. The van der Waals surface area contributed by atoms with Crippen LogP contribution in [0.25, 0.3) is 11.4 Å². The number of alkyl halides is 3. The van der Waals surface area contributed by atoms with E-state index < -0.39 is 62.2 Å². The van der Waals surface area contributed by atoms with Gasteiger partial charge in [-0.2, -0.15) is 4.98 Å². The number of rotatable bonds is 5. The van der Waals surface area contributed by atoms with E-state index in [-0.39, 0.29) is 29.2 Å². The Kier molecular flexibility index (Phi) is 6.88. The van der Waals surface area contributed by atoms with Crippen LogP contribution in [0.2, 0.25) is 0 Å². The number of benzene rings is 2. The molecule has 0 saturated heterocycles. The number of amides is 2. The molecule has 2 amide bonds. The van der Waals surface area contributed by atoms with Crippen molar-refractivity contribution >= 4 is 27.3 Å². The van der Waals surface area contributed by atoms with Crippen LogP contribution < -0.4 is 15.4 Å². The number of nitrogens with two attached hydrogens (primary N) is 1. The molecule has 0 bridgehead atoms. The highest BCUT2D eigenvalue weighted by Gasteiger charge is 2.38. The Morgan fingerprint density at radius 1 is 1.24 bits per heavy atom. The van der Waals surface area contributed by atoms with Gasteiger partial charge in [-0.05, 0) is 29.8 Å². The molecule has 3 aromatic rings. The summed E-state index contributed by atoms with van der Waals surface area (Å²) >= 11 is 0. The molecule has 11 nitrogen and oxygen atoms in total. The molecule has 202 valence electrons. The van der Waals surface area contributed by atoms with Gasteiger partial charge < -0.3 is 24.8 Å². The molecule has 0 aliphatic carbocycles. The van der Waals surface area contributed by atoms with Crippen LogP contribution >= 0.6 is 0 Å². The normalized spacial score (nSPS) is 17.1. The second kappa shape index (κ2) is 9.68. The highest BCUT2D eigenvalue weighted by atomic mass is 32.2. The van der Waals surface area contributed by atoms with Crippen molar-refractivity contribution in [1.82, 2.24) is 15.0 Å². The van der Waals surface area contributed by atoms with E-state index in [2.05, 4.69) is 14.9 Å². The average molecular weight is 557 g/mol. The standard InChI is InChI=1S/C22H19F4N5O6S/c1-30(2)21(33)19-28-18(29-37-19)13-7-16-17(8-14(13)23)38(34,35)10-15(27)20(32)31(16)9-11-3-5-12(6-4-11)36-22(24,25)26/h3-8,15H,9-10,27H2,1-2H3/t15-/m0/s1. The van der Waals surface area contributed by atoms with Gasteiger partial charge in [-0.1, -0.05) is 17.3 Å². The fourth-order valence-electron chi connectivity index (χ4n) is 3.64. The Balaban J connectivity index is 1.79. The van der Waals surface area contributed by atoms with E-state index in [4.69, 9.17) is 10.3 Å². The summed E-state index contributed by atoms with van der Waals surface area (Å²) in [7, 11) is -1.40. The van der Waals surface area contributed by atoms with Crippen LogP contribution in [0, 0.1) is 5.82 Å². The summed E-state index contributed by atoms with van der Waals surface area (Å²) in [6.45, 7) is -0.330. The summed E-state index contributed by atoms with van der Waals surface area (Å²) in [5.74, 6) is -4.73. The maximum absolute atomic E-state index is 15.1. The van der Waals surface area contributed by atoms with Crippen molar-refractivity contribution < 1.29 is 44.8 Å². The number of hydrogen-bond acceptors (Lipinski definition) is 9. The number of carbonyl (C=O) groups excluding carboxylic acids is 2. The second-order valence-corrected chi connectivity index (χ2v) is 10.4. The van der Waals surface area contributed by atoms with Gasteiger partial charge in [0.1, 0.15) is 11.6 Å². The zero-order valence-corrected chi connectivity index (χ0v) is 20.5. The van der Waals surface area contributed by atoms with Gasteiger partial charge in [-0.25, -0.2) is 12.8 Å². The summed E-state index contributed by atoms with van der Waals surface area (Å²) in [6, 6.07) is 4.68. The lowest BCUT2D eigenvalue weighted by atomic mass is 10.1. The maximum atomic E-state index is 15.1. The number of nitrogens with zero attached hydrogens (tertiary/aromatic N) is 4. The molecular weight excluding hydrogens is 538 g/mol. The SMILES string of the molecule is CN(C)C(=O)c1nc(-c2cc3c(cc2F)S(=O)(=O)C[C@H](N)C(=O)N3Cc2ccc(OC(F)(F)F)cc2)no1. The molecule has 0 saturated carbocycles. The monoisotopic (exact) mass is 557 g/mol. The Morgan fingerprint density at radius 2 is 1.89 bits per heavy atom. The minimum atomic E-state index is -4.91. The van der Waals surface area contributed by atoms with Crippen molar-refractivity contribution in [3.8, 4) is 17.1 Å². The Morgan fingerprint density at radius 3 is 2.50 bits per heavy atom. The van der Waals surface area contributed by atoms with E-state index in [1.165, 1.54) is 26.2 Å². The first-order valence-electron chi connectivity index (χ1n) is 10.7. The predicted molar refractivity (Wildman–Crippen MR) is 122 cm³/mol. The number of aromatic nitrogens is 2. The molecule has 0 fully saturated rings. The van der Waals surface area contributed by atoms with E-state index >= 15 is 4.39 Å². The maximum Gasteiger partial charge on any atom is 0.573 e. The van der Waals surface area contributed by atoms with E-state index in [9.17, 15) is 31.2 Å². The Bertz CT molecular complexity index is 1510. The number of hydrogen-bond donors (Lipinski definition) is 1. The highest BCUT2D eigenvalue weighted by molar-refractivity contribution is 7.91. The molecule has 2 N–H and O–H groups in total. The van der Waals surface area contributed by atoms with Gasteiger partial charge in [0.2, 0.25) is 11.7 Å². The number of sulfone groups is 1. The van der Waals surface area contributed by atoms with Crippen LogP contribution in [-0.2, 0) is 21.2 Å². The van der Waals surface area contributed by atoms with Crippen molar-refractivity contribution in [2.24, 2.45) is 5.73 Å². The Labute approximate surface area is 212 Å². The van der Waals surface area contributed by atoms with Crippen molar-refractivity contribution in [2.75, 3.05) is 24.7 Å². The molecule has 0 unspecified atom stereocenters. The summed E-state index contributed by atoms with van der Waals surface area (Å²) in [5.41, 5.74) is 5.48. The molecule has 1 aliphatic heterocycles. The fraction of sp³-hybridized carbons (Fsp3) is 0.273. The molecule has 1 aliphatic rings. The molecule has 2 aromatic carbocycles. The van der Waals surface area contributed by atoms with Crippen LogP contribution in [0.1, 0.15) is 16.2 Å². The third-order valence-electron chi connectivity index (χ3n) is 5.41. The number of fused-ring (bicyclic) bond motifs is 1. The van der Waals surface area contributed by atoms with E-state index in [1.807, 2.05) is 0 Å². The molecule has 0 radical (unpaired) electrons. The molecule has 38 heavy (non-hydrogen) atoms. The van der Waals surface area contributed by atoms with Gasteiger partial charge in [0.05, 0.1) is 34.5 Å². The molecular formula is C22H19F4N5O6S. The van der Waals surface area contributed by atoms with Crippen molar-refractivity contribution in [1.29, 1.82) is 0 Å². The summed E-state index contributed by atoms with van der Waals surface area (Å²) in [6.07, 6.45) is -4.91. The molecule has 1 aromatic heterocycles. The lowest BCUT2D eigenvalue weighted by molar-refractivity contribution is -0.274.